The van der Waals surface area contributed by atoms with Crippen molar-refractivity contribution in [3.05, 3.63) is 52.1 Å². The number of alkyl carbamates (subject to hydrolysis) is 1. The maximum Gasteiger partial charge on any atom is 0.407 e. The molecule has 1 N–H and O–H groups in total. The molecule has 1 rings (SSSR count). The highest BCUT2D eigenvalue weighted by molar-refractivity contribution is 5.89. The Morgan fingerprint density at radius 3 is 2.26 bits per heavy atom. The first-order valence-electron chi connectivity index (χ1n) is 8.48. The van der Waals surface area contributed by atoms with Crippen molar-refractivity contribution in [1.82, 2.24) is 5.32 Å². The number of nitro benzene ring substituents is 1. The van der Waals surface area contributed by atoms with E-state index in [-0.39, 0.29) is 11.3 Å². The van der Waals surface area contributed by atoms with Crippen LogP contribution in [0.3, 0.4) is 0 Å². The number of carbonyl (C=O) groups is 2. The first-order valence-corrected chi connectivity index (χ1v) is 8.48. The molecule has 1 aromatic carbocycles. The lowest BCUT2D eigenvalue weighted by atomic mass is 10.0. The minimum absolute atomic E-state index is 0.120. The molecule has 0 heterocycles. The number of hydrogen-bond donors (Lipinski definition) is 1. The van der Waals surface area contributed by atoms with Crippen molar-refractivity contribution >= 4 is 17.7 Å². The van der Waals surface area contributed by atoms with Crippen LogP contribution < -0.4 is 5.32 Å². The first kappa shape index (κ1) is 22.1. The highest BCUT2D eigenvalue weighted by atomic mass is 16.6. The third-order valence-corrected chi connectivity index (χ3v) is 3.42. The van der Waals surface area contributed by atoms with Crippen LogP contribution in [-0.4, -0.2) is 34.7 Å². The van der Waals surface area contributed by atoms with Gasteiger partial charge < -0.3 is 14.8 Å². The number of benzene rings is 1. The molecule has 0 fully saturated rings. The molecule has 2 atom stereocenters. The van der Waals surface area contributed by atoms with Gasteiger partial charge in [-0.1, -0.05) is 5.57 Å². The number of amides is 1. The predicted molar refractivity (Wildman–Crippen MR) is 101 cm³/mol. The van der Waals surface area contributed by atoms with Gasteiger partial charge in [0, 0.05) is 18.6 Å². The highest BCUT2D eigenvalue weighted by Gasteiger charge is 2.26. The summed E-state index contributed by atoms with van der Waals surface area (Å²) in [5.74, 6) is -0.644. The van der Waals surface area contributed by atoms with Crippen molar-refractivity contribution in [2.24, 2.45) is 0 Å². The number of ether oxygens (including phenoxy) is 2. The van der Waals surface area contributed by atoms with Crippen LogP contribution in [0.2, 0.25) is 0 Å². The molecule has 8 heteroatoms. The van der Waals surface area contributed by atoms with Crippen molar-refractivity contribution in [3.8, 4) is 0 Å². The van der Waals surface area contributed by atoms with Crippen molar-refractivity contribution in [2.75, 3.05) is 0 Å². The molecular weight excluding hydrogens is 352 g/mol. The number of non-ortho nitro benzene ring substituents is 1. The molecule has 1 amide bonds. The summed E-state index contributed by atoms with van der Waals surface area (Å²) in [5.41, 5.74) is 0.180. The summed E-state index contributed by atoms with van der Waals surface area (Å²) in [6.07, 6.45) is -0.943. The second kappa shape index (κ2) is 9.16. The number of nitro groups is 1. The molecule has 0 aliphatic carbocycles. The highest BCUT2D eigenvalue weighted by Crippen LogP contribution is 2.17. The Bertz CT molecular complexity index is 706. The van der Waals surface area contributed by atoms with Gasteiger partial charge in [-0.2, -0.15) is 0 Å². The Hall–Kier alpha value is -2.90. The zero-order valence-electron chi connectivity index (χ0n) is 16.3. The van der Waals surface area contributed by atoms with Gasteiger partial charge in [0.25, 0.3) is 5.69 Å². The standard InChI is InChI=1S/C19H26N2O6/c1-12(2)11-16(13(3)20-18(23)27-19(4,5)6)26-17(22)14-7-9-15(10-8-14)21(24)25/h7-10,13,16H,1,11H2,2-6H3,(H,20,23)/t13-,16?/m0/s1. The van der Waals surface area contributed by atoms with Gasteiger partial charge in [0.15, 0.2) is 0 Å². The summed E-state index contributed by atoms with van der Waals surface area (Å²) in [6, 6.07) is 4.58. The van der Waals surface area contributed by atoms with Gasteiger partial charge in [-0.3, -0.25) is 10.1 Å². The molecule has 27 heavy (non-hydrogen) atoms. The quantitative estimate of drug-likeness (QED) is 0.332. The second-order valence-electron chi connectivity index (χ2n) is 7.34. The van der Waals surface area contributed by atoms with Crippen LogP contribution in [0.15, 0.2) is 36.4 Å². The van der Waals surface area contributed by atoms with Gasteiger partial charge in [0.1, 0.15) is 11.7 Å². The Labute approximate surface area is 158 Å². The lowest BCUT2D eigenvalue weighted by Crippen LogP contribution is -2.45. The van der Waals surface area contributed by atoms with Gasteiger partial charge in [-0.05, 0) is 46.8 Å². The van der Waals surface area contributed by atoms with Crippen molar-refractivity contribution < 1.29 is 24.0 Å². The van der Waals surface area contributed by atoms with E-state index in [1.54, 1.807) is 34.6 Å². The fourth-order valence-electron chi connectivity index (χ4n) is 2.18. The maximum absolute atomic E-state index is 12.4. The van der Waals surface area contributed by atoms with E-state index in [1.807, 2.05) is 0 Å². The first-order chi connectivity index (χ1) is 12.4. The van der Waals surface area contributed by atoms with E-state index in [0.29, 0.717) is 6.42 Å². The van der Waals surface area contributed by atoms with Gasteiger partial charge in [0.05, 0.1) is 16.5 Å². The second-order valence-corrected chi connectivity index (χ2v) is 7.34. The largest absolute Gasteiger partial charge is 0.456 e. The van der Waals surface area contributed by atoms with E-state index in [1.165, 1.54) is 24.3 Å². The molecule has 0 spiro atoms. The average molecular weight is 378 g/mol. The van der Waals surface area contributed by atoms with E-state index in [9.17, 15) is 19.7 Å². The van der Waals surface area contributed by atoms with Gasteiger partial charge in [0.2, 0.25) is 0 Å². The Morgan fingerprint density at radius 1 is 1.26 bits per heavy atom. The topological polar surface area (TPSA) is 108 Å². The average Bonchev–Trinajstić information content (AvgIpc) is 2.51. The number of nitrogens with zero attached hydrogens (tertiary/aromatic N) is 1. The molecular formula is C19H26N2O6. The van der Waals surface area contributed by atoms with Gasteiger partial charge >= 0.3 is 12.1 Å². The normalized spacial score (nSPS) is 13.2. The minimum atomic E-state index is -0.669. The monoisotopic (exact) mass is 378 g/mol. The van der Waals surface area contributed by atoms with Crippen molar-refractivity contribution in [3.63, 3.8) is 0 Å². The lowest BCUT2D eigenvalue weighted by Gasteiger charge is -2.27. The predicted octanol–water partition coefficient (Wildman–Crippen LogP) is 4.00. The van der Waals surface area contributed by atoms with E-state index in [0.717, 1.165) is 5.57 Å². The smallest absolute Gasteiger partial charge is 0.407 e. The van der Waals surface area contributed by atoms with Crippen LogP contribution in [0.1, 0.15) is 51.4 Å². The third kappa shape index (κ3) is 7.89. The summed E-state index contributed by atoms with van der Waals surface area (Å²) < 4.78 is 10.7. The summed E-state index contributed by atoms with van der Waals surface area (Å²) in [7, 11) is 0. The van der Waals surface area contributed by atoms with Crippen LogP contribution in [0.4, 0.5) is 10.5 Å². The summed E-state index contributed by atoms with van der Waals surface area (Å²) in [4.78, 5) is 34.5. The van der Waals surface area contributed by atoms with Crippen LogP contribution in [0.25, 0.3) is 0 Å². The summed E-state index contributed by atoms with van der Waals surface area (Å²) >= 11 is 0. The van der Waals surface area contributed by atoms with Crippen LogP contribution >= 0.6 is 0 Å². The van der Waals surface area contributed by atoms with E-state index < -0.39 is 34.7 Å². The number of nitrogens with one attached hydrogen (secondary N) is 1. The summed E-state index contributed by atoms with van der Waals surface area (Å²) in [6.45, 7) is 12.5. The Kier molecular flexibility index (Phi) is 7.51. The van der Waals surface area contributed by atoms with Crippen molar-refractivity contribution in [1.29, 1.82) is 0 Å². The minimum Gasteiger partial charge on any atom is -0.456 e. The number of rotatable bonds is 7. The van der Waals surface area contributed by atoms with E-state index in [4.69, 9.17) is 9.47 Å². The van der Waals surface area contributed by atoms with E-state index >= 15 is 0 Å². The SMILES string of the molecule is C=C(C)CC(OC(=O)c1ccc([N+](=O)[O-])cc1)[C@H](C)NC(=O)OC(C)(C)C. The molecule has 148 valence electrons. The number of hydrogen-bond acceptors (Lipinski definition) is 6. The molecule has 0 radical (unpaired) electrons. The third-order valence-electron chi connectivity index (χ3n) is 3.42. The van der Waals surface area contributed by atoms with E-state index in [2.05, 4.69) is 11.9 Å². The van der Waals surface area contributed by atoms with Gasteiger partial charge in [-0.15, -0.1) is 6.58 Å². The van der Waals surface area contributed by atoms with Gasteiger partial charge in [-0.25, -0.2) is 9.59 Å². The Balaban J connectivity index is 2.83. The number of carbonyl (C=O) groups excluding carboxylic acids is 2. The molecule has 0 aliphatic heterocycles. The maximum atomic E-state index is 12.4. The Morgan fingerprint density at radius 2 is 1.81 bits per heavy atom. The molecule has 0 aromatic heterocycles. The molecule has 1 aromatic rings. The molecule has 0 saturated carbocycles. The fraction of sp³-hybridized carbons (Fsp3) is 0.474. The van der Waals surface area contributed by atoms with Crippen LogP contribution in [0.5, 0.6) is 0 Å². The lowest BCUT2D eigenvalue weighted by molar-refractivity contribution is -0.384. The van der Waals surface area contributed by atoms with Crippen molar-refractivity contribution in [2.45, 2.75) is 58.8 Å². The van der Waals surface area contributed by atoms with Crippen LogP contribution in [-0.2, 0) is 9.47 Å². The molecule has 1 unspecified atom stereocenters. The molecule has 0 saturated heterocycles. The zero-order valence-corrected chi connectivity index (χ0v) is 16.3. The molecule has 0 bridgehead atoms. The fourth-order valence-corrected chi connectivity index (χ4v) is 2.18. The summed E-state index contributed by atoms with van der Waals surface area (Å²) in [5, 5.41) is 13.4. The molecule has 0 aliphatic rings. The molecule has 8 nitrogen and oxygen atoms in total. The zero-order chi connectivity index (χ0) is 20.8. The number of esters is 1. The van der Waals surface area contributed by atoms with Crippen LogP contribution in [0, 0.1) is 10.1 Å².